The van der Waals surface area contributed by atoms with E-state index in [1.165, 1.54) is 60.1 Å². The van der Waals surface area contributed by atoms with Crippen LogP contribution in [0.25, 0.3) is 33.0 Å². The number of aryl methyl sites for hydroxylation is 2. The van der Waals surface area contributed by atoms with E-state index < -0.39 is 20.8 Å². The van der Waals surface area contributed by atoms with Gasteiger partial charge >= 0.3 is 37.9 Å². The Morgan fingerprint density at radius 3 is 2.24 bits per heavy atom. The minimum absolute atomic E-state index is 0.134. The van der Waals surface area contributed by atoms with E-state index in [9.17, 15) is 0 Å². The zero-order valence-corrected chi connectivity index (χ0v) is 27.6. The maximum atomic E-state index is 4.93. The molecule has 0 nitrogen and oxygen atoms in total. The third kappa shape index (κ3) is 6.48. The predicted molar refractivity (Wildman–Crippen MR) is 165 cm³/mol. The molecule has 38 heavy (non-hydrogen) atoms. The first-order valence-electron chi connectivity index (χ1n) is 12.9. The van der Waals surface area contributed by atoms with Crippen LogP contribution < -0.4 is 10.4 Å². The second-order valence-electron chi connectivity index (χ2n) is 10.5. The van der Waals surface area contributed by atoms with Crippen molar-refractivity contribution < 1.29 is 20.8 Å². The van der Waals surface area contributed by atoms with E-state index in [0.717, 1.165) is 15.9 Å². The topological polar surface area (TPSA) is 0 Å². The molecule has 0 unspecified atom stereocenters. The van der Waals surface area contributed by atoms with Gasteiger partial charge in [-0.2, -0.15) is 35.5 Å². The van der Waals surface area contributed by atoms with Crippen molar-refractivity contribution in [2.75, 3.05) is 0 Å². The molecule has 0 fully saturated rings. The molecule has 1 aliphatic rings. The van der Waals surface area contributed by atoms with Gasteiger partial charge in [0.1, 0.15) is 0 Å². The van der Waals surface area contributed by atoms with E-state index in [4.69, 9.17) is 17.0 Å². The van der Waals surface area contributed by atoms with Crippen molar-refractivity contribution in [1.29, 1.82) is 0 Å². The molecule has 0 bridgehead atoms. The molecular weight excluding hydrogens is 599 g/mol. The summed E-state index contributed by atoms with van der Waals surface area (Å²) in [5.41, 5.74) is 9.93. The molecule has 190 valence electrons. The smallest absolute Gasteiger partial charge is 0.0920 e. The predicted octanol–water partition coefficient (Wildman–Crippen LogP) is 8.89. The Labute approximate surface area is 249 Å². The van der Waals surface area contributed by atoms with E-state index in [1.807, 2.05) is 6.07 Å². The molecular formula is C34H32Cl2SiZr. The standard InChI is InChI=1S/C22H25.C12H7Si.2ClH.Zr/c1-6-16-9-7-8-10-18(16)21-19-14-15(2)13-17(19)11-12-20(21)22(3,4)5;1-3-7-11-9(5-1)10-6-2-4-8-12(10)13-11;;;/h7-14H,6H2,1-5H3;1-7H;2*1H;/q2*-1;;;+4/p-2. The Hall–Kier alpha value is -1.83. The first kappa shape index (κ1) is 29.2. The van der Waals surface area contributed by atoms with Crippen molar-refractivity contribution in [3.05, 3.63) is 114 Å². The summed E-state index contributed by atoms with van der Waals surface area (Å²) in [6.45, 7) is 11.4. The second-order valence-corrected chi connectivity index (χ2v) is 15.5. The summed E-state index contributed by atoms with van der Waals surface area (Å²) >= 11 is -0.826. The van der Waals surface area contributed by atoms with Gasteiger partial charge in [0.05, 0.1) is 9.52 Å². The summed E-state index contributed by atoms with van der Waals surface area (Å²) in [6, 6.07) is 36.3. The van der Waals surface area contributed by atoms with Crippen LogP contribution in [0, 0.1) is 13.0 Å². The van der Waals surface area contributed by atoms with Crippen LogP contribution in [-0.2, 0) is 32.7 Å². The van der Waals surface area contributed by atoms with E-state index >= 15 is 0 Å². The largest absolute Gasteiger partial charge is 0.184 e. The molecule has 0 amide bonds. The number of hydrogen-bond donors (Lipinski definition) is 0. The van der Waals surface area contributed by atoms with Crippen molar-refractivity contribution in [3.8, 4) is 22.3 Å². The van der Waals surface area contributed by atoms with Crippen molar-refractivity contribution >= 4 is 47.7 Å². The molecule has 5 aromatic rings. The molecule has 2 radical (unpaired) electrons. The summed E-state index contributed by atoms with van der Waals surface area (Å²) in [6.07, 6.45) is 1.07. The normalized spacial score (nSPS) is 11.4. The summed E-state index contributed by atoms with van der Waals surface area (Å²) in [7, 11) is 10.7. The first-order chi connectivity index (χ1) is 18.3. The summed E-state index contributed by atoms with van der Waals surface area (Å²) in [4.78, 5) is 0. The maximum Gasteiger partial charge on any atom is 0.0920 e. The summed E-state index contributed by atoms with van der Waals surface area (Å²) < 4.78 is 0. The number of hydrogen-bond acceptors (Lipinski definition) is 0. The molecule has 0 atom stereocenters. The third-order valence-electron chi connectivity index (χ3n) is 6.84. The molecule has 0 saturated carbocycles. The molecule has 0 aromatic heterocycles. The van der Waals surface area contributed by atoms with Crippen molar-refractivity contribution in [1.82, 2.24) is 0 Å². The SMILES string of the molecule is CCc1ccccc1-c1c(C(C)(C)C)ccc2[cH-]c(C)cc12.[Cl][Zr+2][Cl].[c-]1cccc2c1[Si]c1ccccc1-2. The molecule has 4 heteroatoms. The quantitative estimate of drug-likeness (QED) is 0.132. The fourth-order valence-electron chi connectivity index (χ4n) is 5.15. The Morgan fingerprint density at radius 2 is 1.53 bits per heavy atom. The van der Waals surface area contributed by atoms with E-state index in [-0.39, 0.29) is 5.41 Å². The molecule has 6 rings (SSSR count). The van der Waals surface area contributed by atoms with Crippen LogP contribution in [0.3, 0.4) is 0 Å². The molecule has 1 heterocycles. The third-order valence-corrected chi connectivity index (χ3v) is 8.21. The molecule has 0 N–H and O–H groups in total. The van der Waals surface area contributed by atoms with Crippen LogP contribution in [0.2, 0.25) is 0 Å². The average molecular weight is 631 g/mol. The zero-order valence-electron chi connectivity index (χ0n) is 22.6. The first-order valence-corrected chi connectivity index (χ1v) is 20.2. The molecule has 0 saturated heterocycles. The number of benzene rings is 4. The Kier molecular flexibility index (Phi) is 9.99. The van der Waals surface area contributed by atoms with Gasteiger partial charge < -0.3 is 0 Å². The Balaban J connectivity index is 0.000000177. The van der Waals surface area contributed by atoms with Crippen LogP contribution in [-0.4, -0.2) is 9.52 Å². The molecule has 0 spiro atoms. The van der Waals surface area contributed by atoms with Gasteiger partial charge in [0.2, 0.25) is 0 Å². The van der Waals surface area contributed by atoms with Crippen molar-refractivity contribution in [3.63, 3.8) is 0 Å². The van der Waals surface area contributed by atoms with Gasteiger partial charge in [-0.15, -0.1) is 40.1 Å². The van der Waals surface area contributed by atoms with Gasteiger partial charge in [0.25, 0.3) is 0 Å². The minimum Gasteiger partial charge on any atom is -0.184 e. The van der Waals surface area contributed by atoms with Gasteiger partial charge in [-0.1, -0.05) is 105 Å². The molecule has 5 aromatic carbocycles. The Morgan fingerprint density at radius 1 is 0.868 bits per heavy atom. The zero-order chi connectivity index (χ0) is 27.3. The monoisotopic (exact) mass is 628 g/mol. The Bertz CT molecular complexity index is 1480. The van der Waals surface area contributed by atoms with Crippen LogP contribution >= 0.6 is 17.0 Å². The van der Waals surface area contributed by atoms with E-state index in [1.54, 1.807) is 0 Å². The fourth-order valence-corrected chi connectivity index (χ4v) is 6.46. The van der Waals surface area contributed by atoms with Crippen LogP contribution in [0.1, 0.15) is 44.4 Å². The number of halogens is 2. The van der Waals surface area contributed by atoms with Gasteiger partial charge in [0.15, 0.2) is 0 Å². The average Bonchev–Trinajstić information content (AvgIpc) is 3.48. The van der Waals surface area contributed by atoms with Crippen LogP contribution in [0.15, 0.2) is 91.0 Å². The summed E-state index contributed by atoms with van der Waals surface area (Å²) in [5.74, 6) is 0. The maximum absolute atomic E-state index is 4.93. The molecule has 0 aliphatic carbocycles. The van der Waals surface area contributed by atoms with Gasteiger partial charge in [-0.25, -0.2) is 0 Å². The van der Waals surface area contributed by atoms with Gasteiger partial charge in [0, 0.05) is 0 Å². The van der Waals surface area contributed by atoms with Crippen LogP contribution in [0.5, 0.6) is 0 Å². The van der Waals surface area contributed by atoms with Crippen LogP contribution in [0.4, 0.5) is 0 Å². The summed E-state index contributed by atoms with van der Waals surface area (Å²) in [5, 5.41) is 5.57. The van der Waals surface area contributed by atoms with Crippen molar-refractivity contribution in [2.45, 2.75) is 46.5 Å². The number of rotatable bonds is 2. The minimum atomic E-state index is -0.826. The number of fused-ring (bicyclic) bond motifs is 4. The van der Waals surface area contributed by atoms with E-state index in [0.29, 0.717) is 0 Å². The van der Waals surface area contributed by atoms with Gasteiger partial charge in [-0.3, -0.25) is 0 Å². The second kappa shape index (κ2) is 13.0. The fraction of sp³-hybridized carbons (Fsp3) is 0.206. The molecule has 1 aliphatic heterocycles. The van der Waals surface area contributed by atoms with Crippen molar-refractivity contribution in [2.24, 2.45) is 0 Å². The van der Waals surface area contributed by atoms with E-state index in [2.05, 4.69) is 126 Å². The van der Waals surface area contributed by atoms with Gasteiger partial charge in [-0.05, 0) is 23.0 Å².